The molecule has 0 spiro atoms. The summed E-state index contributed by atoms with van der Waals surface area (Å²) in [4.78, 5) is 4.09. The van der Waals surface area contributed by atoms with E-state index in [0.717, 1.165) is 24.0 Å². The van der Waals surface area contributed by atoms with Crippen molar-refractivity contribution in [3.05, 3.63) is 29.6 Å². The van der Waals surface area contributed by atoms with Crippen molar-refractivity contribution in [1.82, 2.24) is 4.98 Å². The zero-order chi connectivity index (χ0) is 9.26. The van der Waals surface area contributed by atoms with Gasteiger partial charge in [0.15, 0.2) is 0 Å². The highest BCUT2D eigenvalue weighted by Crippen LogP contribution is 2.37. The smallest absolute Gasteiger partial charge is 0.0833 e. The molecular formula is C11H15NO. The number of hydrogen-bond donors (Lipinski definition) is 1. The highest BCUT2D eigenvalue weighted by Gasteiger charge is 2.26. The van der Waals surface area contributed by atoms with E-state index in [9.17, 15) is 5.11 Å². The van der Waals surface area contributed by atoms with E-state index >= 15 is 0 Å². The quantitative estimate of drug-likeness (QED) is 0.751. The Morgan fingerprint density at radius 3 is 2.77 bits per heavy atom. The number of aromatic nitrogens is 1. The Kier molecular flexibility index (Phi) is 2.32. The third-order valence-corrected chi connectivity index (χ3v) is 2.83. The topological polar surface area (TPSA) is 33.1 Å². The van der Waals surface area contributed by atoms with Crippen LogP contribution in [0.1, 0.15) is 36.5 Å². The van der Waals surface area contributed by atoms with Crippen LogP contribution in [-0.2, 0) is 0 Å². The SMILES string of the molecule is Cc1cncc([C@@H](O)C2CCC2)c1. The third kappa shape index (κ3) is 1.73. The molecule has 1 aromatic heterocycles. The van der Waals surface area contributed by atoms with Crippen molar-refractivity contribution in [3.63, 3.8) is 0 Å². The molecule has 1 aliphatic rings. The Morgan fingerprint density at radius 2 is 2.23 bits per heavy atom. The van der Waals surface area contributed by atoms with E-state index in [2.05, 4.69) is 4.98 Å². The van der Waals surface area contributed by atoms with Crippen LogP contribution >= 0.6 is 0 Å². The molecule has 13 heavy (non-hydrogen) atoms. The number of pyridine rings is 1. The zero-order valence-electron chi connectivity index (χ0n) is 7.90. The second-order valence-corrected chi connectivity index (χ2v) is 3.93. The number of nitrogens with zero attached hydrogens (tertiary/aromatic N) is 1. The summed E-state index contributed by atoms with van der Waals surface area (Å²) in [5.74, 6) is 0.476. The fourth-order valence-electron chi connectivity index (χ4n) is 1.77. The fourth-order valence-corrected chi connectivity index (χ4v) is 1.77. The van der Waals surface area contributed by atoms with E-state index in [1.165, 1.54) is 6.42 Å². The van der Waals surface area contributed by atoms with Crippen LogP contribution in [0.4, 0.5) is 0 Å². The van der Waals surface area contributed by atoms with Gasteiger partial charge in [0.2, 0.25) is 0 Å². The molecule has 0 radical (unpaired) electrons. The summed E-state index contributed by atoms with van der Waals surface area (Å²) in [6.45, 7) is 2.00. The summed E-state index contributed by atoms with van der Waals surface area (Å²) in [5.41, 5.74) is 2.10. The molecule has 2 heteroatoms. The lowest BCUT2D eigenvalue weighted by Gasteiger charge is -2.30. The van der Waals surface area contributed by atoms with Crippen molar-refractivity contribution in [3.8, 4) is 0 Å². The van der Waals surface area contributed by atoms with Crippen LogP contribution in [0.3, 0.4) is 0 Å². The lowest BCUT2D eigenvalue weighted by molar-refractivity contribution is 0.0618. The first-order valence-corrected chi connectivity index (χ1v) is 4.87. The van der Waals surface area contributed by atoms with E-state index in [1.54, 1.807) is 6.20 Å². The van der Waals surface area contributed by atoms with Crippen molar-refractivity contribution >= 4 is 0 Å². The molecule has 0 saturated heterocycles. The fraction of sp³-hybridized carbons (Fsp3) is 0.545. The van der Waals surface area contributed by atoms with Crippen LogP contribution in [0.2, 0.25) is 0 Å². The first-order chi connectivity index (χ1) is 6.27. The minimum Gasteiger partial charge on any atom is -0.388 e. The highest BCUT2D eigenvalue weighted by molar-refractivity contribution is 5.19. The number of aryl methyl sites for hydroxylation is 1. The molecule has 0 aromatic carbocycles. The summed E-state index contributed by atoms with van der Waals surface area (Å²) >= 11 is 0. The Balaban J connectivity index is 2.14. The maximum absolute atomic E-state index is 9.92. The van der Waals surface area contributed by atoms with Gasteiger partial charge in [-0.2, -0.15) is 0 Å². The average molecular weight is 177 g/mol. The van der Waals surface area contributed by atoms with Crippen LogP contribution in [0, 0.1) is 12.8 Å². The minimum atomic E-state index is -0.291. The van der Waals surface area contributed by atoms with Crippen molar-refractivity contribution in [1.29, 1.82) is 0 Å². The lowest BCUT2D eigenvalue weighted by atomic mass is 9.79. The summed E-state index contributed by atoms with van der Waals surface area (Å²) in [5, 5.41) is 9.92. The molecule has 70 valence electrons. The minimum absolute atomic E-state index is 0.291. The number of aliphatic hydroxyl groups is 1. The molecule has 1 heterocycles. The molecular weight excluding hydrogens is 162 g/mol. The summed E-state index contributed by atoms with van der Waals surface area (Å²) in [7, 11) is 0. The largest absolute Gasteiger partial charge is 0.388 e. The Morgan fingerprint density at radius 1 is 1.46 bits per heavy atom. The standard InChI is InChI=1S/C11H15NO/c1-8-5-10(7-12-6-8)11(13)9-3-2-4-9/h5-7,9,11,13H,2-4H2,1H3/t11-/m0/s1. The molecule has 0 bridgehead atoms. The zero-order valence-corrected chi connectivity index (χ0v) is 7.90. The van der Waals surface area contributed by atoms with Crippen LogP contribution in [0.5, 0.6) is 0 Å². The summed E-state index contributed by atoms with van der Waals surface area (Å²) in [6, 6.07) is 2.02. The normalized spacial score (nSPS) is 19.5. The van der Waals surface area contributed by atoms with Gasteiger partial charge < -0.3 is 5.11 Å². The van der Waals surface area contributed by atoms with Crippen molar-refractivity contribution in [2.24, 2.45) is 5.92 Å². The molecule has 2 rings (SSSR count). The van der Waals surface area contributed by atoms with E-state index in [-0.39, 0.29) is 6.10 Å². The monoisotopic (exact) mass is 177 g/mol. The van der Waals surface area contributed by atoms with Gasteiger partial charge in [-0.05, 0) is 36.8 Å². The third-order valence-electron chi connectivity index (χ3n) is 2.83. The molecule has 0 unspecified atom stereocenters. The molecule has 2 nitrogen and oxygen atoms in total. The van der Waals surface area contributed by atoms with Crippen molar-refractivity contribution in [2.75, 3.05) is 0 Å². The molecule has 0 aliphatic heterocycles. The molecule has 1 aliphatic carbocycles. The maximum Gasteiger partial charge on any atom is 0.0833 e. The van der Waals surface area contributed by atoms with Gasteiger partial charge in [0.25, 0.3) is 0 Å². The molecule has 1 atom stereocenters. The van der Waals surface area contributed by atoms with Gasteiger partial charge in [0.05, 0.1) is 6.10 Å². The van der Waals surface area contributed by atoms with E-state index < -0.39 is 0 Å². The summed E-state index contributed by atoms with van der Waals surface area (Å²) < 4.78 is 0. The van der Waals surface area contributed by atoms with E-state index in [0.29, 0.717) is 5.92 Å². The highest BCUT2D eigenvalue weighted by atomic mass is 16.3. The second-order valence-electron chi connectivity index (χ2n) is 3.93. The van der Waals surface area contributed by atoms with Crippen molar-refractivity contribution < 1.29 is 5.11 Å². The summed E-state index contributed by atoms with van der Waals surface area (Å²) in [6.07, 6.45) is 6.89. The Hall–Kier alpha value is -0.890. The van der Waals surface area contributed by atoms with Crippen LogP contribution in [-0.4, -0.2) is 10.1 Å². The number of hydrogen-bond acceptors (Lipinski definition) is 2. The van der Waals surface area contributed by atoms with Crippen LogP contribution < -0.4 is 0 Å². The van der Waals surface area contributed by atoms with Crippen LogP contribution in [0.15, 0.2) is 18.5 Å². The van der Waals surface area contributed by atoms with Crippen molar-refractivity contribution in [2.45, 2.75) is 32.3 Å². The van der Waals surface area contributed by atoms with Gasteiger partial charge in [-0.25, -0.2) is 0 Å². The number of rotatable bonds is 2. The van der Waals surface area contributed by atoms with Gasteiger partial charge in [0, 0.05) is 12.4 Å². The first-order valence-electron chi connectivity index (χ1n) is 4.87. The van der Waals surface area contributed by atoms with Crippen LogP contribution in [0.25, 0.3) is 0 Å². The Labute approximate surface area is 78.6 Å². The molecule has 1 N–H and O–H groups in total. The predicted molar refractivity (Wildman–Crippen MR) is 51.3 cm³/mol. The maximum atomic E-state index is 9.92. The molecule has 1 fully saturated rings. The first kappa shape index (κ1) is 8.70. The van der Waals surface area contributed by atoms with Gasteiger partial charge >= 0.3 is 0 Å². The lowest BCUT2D eigenvalue weighted by Crippen LogP contribution is -2.20. The second kappa shape index (κ2) is 3.46. The average Bonchev–Trinajstić information content (AvgIpc) is 2.01. The molecule has 1 saturated carbocycles. The van der Waals surface area contributed by atoms with E-state index in [1.807, 2.05) is 19.2 Å². The van der Waals surface area contributed by atoms with Gasteiger partial charge in [-0.1, -0.05) is 12.5 Å². The van der Waals surface area contributed by atoms with Gasteiger partial charge in [-0.15, -0.1) is 0 Å². The van der Waals surface area contributed by atoms with Gasteiger partial charge in [-0.3, -0.25) is 4.98 Å². The van der Waals surface area contributed by atoms with E-state index in [4.69, 9.17) is 0 Å². The Bertz CT molecular complexity index is 294. The molecule has 1 aromatic rings. The molecule has 0 amide bonds. The number of aliphatic hydroxyl groups excluding tert-OH is 1. The predicted octanol–water partition coefficient (Wildman–Crippen LogP) is 2.22. The van der Waals surface area contributed by atoms with Gasteiger partial charge in [0.1, 0.15) is 0 Å².